The molecular weight excluding hydrogens is 388 g/mol. The van der Waals surface area contributed by atoms with Gasteiger partial charge in [-0.2, -0.15) is 4.31 Å². The number of sulfonamides is 1. The van der Waals surface area contributed by atoms with Crippen LogP contribution >= 0.6 is 0 Å². The number of hydrogen-bond acceptors (Lipinski definition) is 7. The highest BCUT2D eigenvalue weighted by Crippen LogP contribution is 2.34. The van der Waals surface area contributed by atoms with E-state index in [2.05, 4.69) is 0 Å². The minimum Gasteiger partial charge on any atom is -0.363 e. The van der Waals surface area contributed by atoms with Crippen LogP contribution in [0.2, 0.25) is 0 Å². The first-order valence-electron chi connectivity index (χ1n) is 8.46. The van der Waals surface area contributed by atoms with E-state index in [9.17, 15) is 28.6 Å². The Bertz CT molecular complexity index is 1010. The first kappa shape index (κ1) is 19.7. The van der Waals surface area contributed by atoms with Gasteiger partial charge in [0.15, 0.2) is 0 Å². The van der Waals surface area contributed by atoms with Crippen LogP contribution in [0.4, 0.5) is 17.1 Å². The molecule has 1 atom stereocenters. The normalized spacial score (nSPS) is 18.0. The molecule has 28 heavy (non-hydrogen) atoms. The van der Waals surface area contributed by atoms with E-state index in [1.54, 1.807) is 30.0 Å². The van der Waals surface area contributed by atoms with Gasteiger partial charge in [-0.05, 0) is 25.1 Å². The van der Waals surface area contributed by atoms with Gasteiger partial charge in [-0.25, -0.2) is 8.42 Å². The number of nitrogens with zero attached hydrogens (tertiary/aromatic N) is 4. The molecule has 148 valence electrons. The number of nitro groups is 2. The molecule has 1 aliphatic rings. The van der Waals surface area contributed by atoms with Crippen LogP contribution in [0.5, 0.6) is 0 Å². The van der Waals surface area contributed by atoms with E-state index in [4.69, 9.17) is 0 Å². The Balaban J connectivity index is 1.87. The zero-order chi connectivity index (χ0) is 20.5. The van der Waals surface area contributed by atoms with E-state index in [1.807, 2.05) is 0 Å². The Kier molecular flexibility index (Phi) is 5.29. The highest BCUT2D eigenvalue weighted by atomic mass is 32.2. The van der Waals surface area contributed by atoms with Crippen LogP contribution in [-0.2, 0) is 10.0 Å². The summed E-state index contributed by atoms with van der Waals surface area (Å²) in [7, 11) is -3.68. The fraction of sp³-hybridized carbons (Fsp3) is 0.294. The SMILES string of the molecule is C[C@@H]1CN(c2ccc([N+](=O)[O-])cc2[N+](=O)[O-])CCN1S(=O)(=O)c1ccccc1. The van der Waals surface area contributed by atoms with Crippen LogP contribution in [0, 0.1) is 20.2 Å². The minimum atomic E-state index is -3.68. The lowest BCUT2D eigenvalue weighted by molar-refractivity contribution is -0.393. The third-order valence-corrected chi connectivity index (χ3v) is 6.65. The number of anilines is 1. The number of rotatable bonds is 5. The van der Waals surface area contributed by atoms with E-state index in [0.29, 0.717) is 0 Å². The summed E-state index contributed by atoms with van der Waals surface area (Å²) in [6.07, 6.45) is 0. The summed E-state index contributed by atoms with van der Waals surface area (Å²) in [6, 6.07) is 11.1. The Morgan fingerprint density at radius 2 is 1.68 bits per heavy atom. The van der Waals surface area contributed by atoms with Gasteiger partial charge in [0.2, 0.25) is 10.0 Å². The standard InChI is InChI=1S/C17H18N4O6S/c1-13-12-18(16-8-7-14(20(22)23)11-17(16)21(24)25)9-10-19(13)28(26,27)15-5-3-2-4-6-15/h2-8,11,13H,9-10,12H2,1H3/t13-/m1/s1. The molecule has 0 aliphatic carbocycles. The van der Waals surface area contributed by atoms with Crippen molar-refractivity contribution in [3.63, 3.8) is 0 Å². The summed E-state index contributed by atoms with van der Waals surface area (Å²) in [5.74, 6) is 0. The van der Waals surface area contributed by atoms with Gasteiger partial charge < -0.3 is 4.90 Å². The van der Waals surface area contributed by atoms with Crippen molar-refractivity contribution in [2.75, 3.05) is 24.5 Å². The first-order chi connectivity index (χ1) is 13.2. The van der Waals surface area contributed by atoms with Crippen LogP contribution in [0.1, 0.15) is 6.92 Å². The maximum Gasteiger partial charge on any atom is 0.299 e. The van der Waals surface area contributed by atoms with E-state index in [0.717, 1.165) is 6.07 Å². The fourth-order valence-electron chi connectivity index (χ4n) is 3.28. The first-order valence-corrected chi connectivity index (χ1v) is 9.90. The largest absolute Gasteiger partial charge is 0.363 e. The molecular formula is C17H18N4O6S. The van der Waals surface area contributed by atoms with Gasteiger partial charge in [-0.15, -0.1) is 0 Å². The molecule has 0 amide bonds. The quantitative estimate of drug-likeness (QED) is 0.551. The van der Waals surface area contributed by atoms with Crippen LogP contribution in [0.15, 0.2) is 53.4 Å². The monoisotopic (exact) mass is 406 g/mol. The van der Waals surface area contributed by atoms with Crippen molar-refractivity contribution in [2.45, 2.75) is 17.9 Å². The summed E-state index contributed by atoms with van der Waals surface area (Å²) in [5, 5.41) is 22.3. The van der Waals surface area contributed by atoms with Gasteiger partial charge in [0.25, 0.3) is 11.4 Å². The molecule has 0 radical (unpaired) electrons. The molecule has 11 heteroatoms. The van der Waals surface area contributed by atoms with Crippen LogP contribution in [-0.4, -0.2) is 48.2 Å². The molecule has 0 aromatic heterocycles. The lowest BCUT2D eigenvalue weighted by Gasteiger charge is -2.39. The average Bonchev–Trinajstić information content (AvgIpc) is 2.67. The maximum absolute atomic E-state index is 12.9. The van der Waals surface area contributed by atoms with Crippen molar-refractivity contribution >= 4 is 27.1 Å². The van der Waals surface area contributed by atoms with Gasteiger partial charge in [0, 0.05) is 31.7 Å². The molecule has 2 aromatic rings. The Morgan fingerprint density at radius 1 is 1.00 bits per heavy atom. The van der Waals surface area contributed by atoms with Gasteiger partial charge in [0.1, 0.15) is 5.69 Å². The average molecular weight is 406 g/mol. The van der Waals surface area contributed by atoms with Crippen molar-refractivity contribution in [3.8, 4) is 0 Å². The van der Waals surface area contributed by atoms with Crippen LogP contribution in [0.3, 0.4) is 0 Å². The summed E-state index contributed by atoms with van der Waals surface area (Å²) >= 11 is 0. The number of nitro benzene ring substituents is 2. The van der Waals surface area contributed by atoms with E-state index in [1.165, 1.54) is 28.6 Å². The zero-order valence-electron chi connectivity index (χ0n) is 15.0. The van der Waals surface area contributed by atoms with Crippen molar-refractivity contribution in [1.29, 1.82) is 0 Å². The van der Waals surface area contributed by atoms with E-state index in [-0.39, 0.29) is 41.6 Å². The fourth-order valence-corrected chi connectivity index (χ4v) is 4.92. The summed E-state index contributed by atoms with van der Waals surface area (Å²) in [5.41, 5.74) is -0.506. The van der Waals surface area contributed by atoms with Crippen molar-refractivity contribution in [1.82, 2.24) is 4.31 Å². The second-order valence-corrected chi connectivity index (χ2v) is 8.30. The summed E-state index contributed by atoms with van der Waals surface area (Å²) in [6.45, 7) is 2.33. The smallest absolute Gasteiger partial charge is 0.299 e. The van der Waals surface area contributed by atoms with Crippen LogP contribution in [0.25, 0.3) is 0 Å². The minimum absolute atomic E-state index is 0.145. The molecule has 0 bridgehead atoms. The third-order valence-electron chi connectivity index (χ3n) is 4.62. The molecule has 1 saturated heterocycles. The molecule has 0 N–H and O–H groups in total. The highest BCUT2D eigenvalue weighted by Gasteiger charge is 2.35. The number of piperazine rings is 1. The predicted octanol–water partition coefficient (Wildman–Crippen LogP) is 2.40. The summed E-state index contributed by atoms with van der Waals surface area (Å²) < 4.78 is 27.1. The van der Waals surface area contributed by atoms with E-state index < -0.39 is 25.9 Å². The zero-order valence-corrected chi connectivity index (χ0v) is 15.8. The third kappa shape index (κ3) is 3.66. The molecule has 0 unspecified atom stereocenters. The molecule has 3 rings (SSSR count). The van der Waals surface area contributed by atoms with Gasteiger partial charge >= 0.3 is 0 Å². The highest BCUT2D eigenvalue weighted by molar-refractivity contribution is 7.89. The van der Waals surface area contributed by atoms with Gasteiger partial charge in [-0.3, -0.25) is 20.2 Å². The lowest BCUT2D eigenvalue weighted by atomic mass is 10.1. The molecule has 1 heterocycles. The Hall–Kier alpha value is -3.05. The van der Waals surface area contributed by atoms with Gasteiger partial charge in [0.05, 0.1) is 20.8 Å². The maximum atomic E-state index is 12.9. The topological polar surface area (TPSA) is 127 Å². The Labute approximate surface area is 161 Å². The van der Waals surface area contributed by atoms with E-state index >= 15 is 0 Å². The molecule has 0 spiro atoms. The molecule has 0 saturated carbocycles. The molecule has 1 fully saturated rings. The second kappa shape index (κ2) is 7.52. The van der Waals surface area contributed by atoms with Crippen molar-refractivity contribution < 1.29 is 18.3 Å². The second-order valence-electron chi connectivity index (χ2n) is 6.41. The summed E-state index contributed by atoms with van der Waals surface area (Å²) in [4.78, 5) is 22.8. The van der Waals surface area contributed by atoms with Crippen molar-refractivity contribution in [2.24, 2.45) is 0 Å². The molecule has 10 nitrogen and oxygen atoms in total. The molecule has 1 aliphatic heterocycles. The van der Waals surface area contributed by atoms with Gasteiger partial charge in [-0.1, -0.05) is 18.2 Å². The number of hydrogen-bond donors (Lipinski definition) is 0. The predicted molar refractivity (Wildman–Crippen MR) is 102 cm³/mol. The van der Waals surface area contributed by atoms with Crippen molar-refractivity contribution in [3.05, 3.63) is 68.8 Å². The molecule has 2 aromatic carbocycles. The number of non-ortho nitro benzene ring substituents is 1. The Morgan fingerprint density at radius 3 is 2.25 bits per heavy atom. The number of benzene rings is 2. The lowest BCUT2D eigenvalue weighted by Crippen LogP contribution is -2.54. The van der Waals surface area contributed by atoms with Crippen LogP contribution < -0.4 is 4.90 Å².